The Bertz CT molecular complexity index is 377. The number of rotatable bonds is 2. The number of ether oxygens (including phenoxy) is 1. The van der Waals surface area contributed by atoms with Crippen molar-refractivity contribution < 1.29 is 4.74 Å². The Morgan fingerprint density at radius 1 is 1.50 bits per heavy atom. The first-order valence-corrected chi connectivity index (χ1v) is 4.84. The van der Waals surface area contributed by atoms with Gasteiger partial charge in [0.15, 0.2) is 0 Å². The van der Waals surface area contributed by atoms with Crippen LogP contribution in [0.4, 0.5) is 0 Å². The van der Waals surface area contributed by atoms with Crippen molar-refractivity contribution in [1.29, 1.82) is 0 Å². The van der Waals surface area contributed by atoms with Crippen molar-refractivity contribution in [3.05, 3.63) is 54.1 Å². The van der Waals surface area contributed by atoms with Gasteiger partial charge in [0.05, 0.1) is 6.61 Å². The molecule has 0 N–H and O–H groups in total. The van der Waals surface area contributed by atoms with Crippen LogP contribution in [0.3, 0.4) is 0 Å². The normalized spacial score (nSPS) is 20.1. The first-order valence-electron chi connectivity index (χ1n) is 4.84. The molecule has 1 aromatic rings. The Hall–Kier alpha value is -1.50. The summed E-state index contributed by atoms with van der Waals surface area (Å²) in [6.07, 6.45) is 3.88. The smallest absolute Gasteiger partial charge is 0.123 e. The van der Waals surface area contributed by atoms with E-state index < -0.39 is 0 Å². The minimum absolute atomic E-state index is 0.407. The van der Waals surface area contributed by atoms with Crippen molar-refractivity contribution in [2.24, 2.45) is 0 Å². The fourth-order valence-corrected chi connectivity index (χ4v) is 1.84. The lowest BCUT2D eigenvalue weighted by molar-refractivity contribution is 0.342. The monoisotopic (exact) mass is 186 g/mol. The number of benzene rings is 1. The molecule has 1 heteroatoms. The third-order valence-corrected chi connectivity index (χ3v) is 2.63. The summed E-state index contributed by atoms with van der Waals surface area (Å²) in [5.41, 5.74) is 2.60. The highest BCUT2D eigenvalue weighted by molar-refractivity contribution is 5.44. The minimum Gasteiger partial charge on any atom is -0.492 e. The van der Waals surface area contributed by atoms with E-state index in [9.17, 15) is 0 Å². The lowest BCUT2D eigenvalue weighted by Crippen LogP contribution is -2.01. The van der Waals surface area contributed by atoms with Crippen LogP contribution in [0, 0.1) is 0 Å². The summed E-state index contributed by atoms with van der Waals surface area (Å²) in [5, 5.41) is 0. The molecule has 0 aliphatic carbocycles. The van der Waals surface area contributed by atoms with Crippen LogP contribution in [0.2, 0.25) is 0 Å². The summed E-state index contributed by atoms with van der Waals surface area (Å²) in [6.45, 7) is 6.59. The Morgan fingerprint density at radius 3 is 3.07 bits per heavy atom. The van der Waals surface area contributed by atoms with Gasteiger partial charge >= 0.3 is 0 Å². The standard InChI is InChI=1S/C13H14O/c1-3-6-10(2)12-9-14-13-8-5-4-7-11(12)13/h3-8,12H,1,9H2,2H3/b10-6-. The van der Waals surface area contributed by atoms with Gasteiger partial charge in [0, 0.05) is 11.5 Å². The van der Waals surface area contributed by atoms with E-state index in [0.29, 0.717) is 5.92 Å². The Morgan fingerprint density at radius 2 is 2.29 bits per heavy atom. The van der Waals surface area contributed by atoms with Crippen LogP contribution in [0.15, 0.2) is 48.6 Å². The minimum atomic E-state index is 0.407. The van der Waals surface area contributed by atoms with Gasteiger partial charge in [0.25, 0.3) is 0 Å². The predicted molar refractivity (Wildman–Crippen MR) is 58.6 cm³/mol. The molecular weight excluding hydrogens is 172 g/mol. The summed E-state index contributed by atoms with van der Waals surface area (Å²) < 4.78 is 5.60. The molecule has 2 rings (SSSR count). The molecule has 0 radical (unpaired) electrons. The van der Waals surface area contributed by atoms with Gasteiger partial charge < -0.3 is 4.74 Å². The van der Waals surface area contributed by atoms with Crippen molar-refractivity contribution in [1.82, 2.24) is 0 Å². The molecule has 1 heterocycles. The molecule has 14 heavy (non-hydrogen) atoms. The largest absolute Gasteiger partial charge is 0.492 e. The second-order valence-electron chi connectivity index (χ2n) is 3.55. The second-order valence-corrected chi connectivity index (χ2v) is 3.55. The fourth-order valence-electron chi connectivity index (χ4n) is 1.84. The summed E-state index contributed by atoms with van der Waals surface area (Å²) in [6, 6.07) is 8.22. The van der Waals surface area contributed by atoms with E-state index in [4.69, 9.17) is 4.74 Å². The molecule has 1 atom stereocenters. The van der Waals surface area contributed by atoms with Gasteiger partial charge in [0.2, 0.25) is 0 Å². The van der Waals surface area contributed by atoms with Crippen LogP contribution < -0.4 is 4.74 Å². The Kier molecular flexibility index (Phi) is 2.40. The van der Waals surface area contributed by atoms with Crippen LogP contribution in [-0.4, -0.2) is 6.61 Å². The van der Waals surface area contributed by atoms with Crippen LogP contribution in [0.25, 0.3) is 0 Å². The SMILES string of the molecule is C=C/C=C(/C)C1COc2ccccc21. The number of hydrogen-bond donors (Lipinski definition) is 0. The van der Waals surface area contributed by atoms with Crippen LogP contribution in [0.1, 0.15) is 18.4 Å². The number of hydrogen-bond acceptors (Lipinski definition) is 1. The number of allylic oxidation sites excluding steroid dienone is 2. The van der Waals surface area contributed by atoms with E-state index in [-0.39, 0.29) is 0 Å². The Balaban J connectivity index is 2.34. The van der Waals surface area contributed by atoms with Gasteiger partial charge in [-0.3, -0.25) is 0 Å². The average molecular weight is 186 g/mol. The first-order chi connectivity index (χ1) is 6.83. The lowest BCUT2D eigenvalue weighted by atomic mass is 9.94. The molecule has 0 aromatic heterocycles. The molecular formula is C13H14O. The van der Waals surface area contributed by atoms with Gasteiger partial charge in [-0.25, -0.2) is 0 Å². The highest BCUT2D eigenvalue weighted by atomic mass is 16.5. The van der Waals surface area contributed by atoms with E-state index >= 15 is 0 Å². The van der Waals surface area contributed by atoms with Crippen molar-refractivity contribution in [2.75, 3.05) is 6.61 Å². The van der Waals surface area contributed by atoms with E-state index in [1.165, 1.54) is 11.1 Å². The first kappa shape index (κ1) is 9.07. The highest BCUT2D eigenvalue weighted by Crippen LogP contribution is 2.37. The average Bonchev–Trinajstić information content (AvgIpc) is 2.61. The molecule has 0 spiro atoms. The topological polar surface area (TPSA) is 9.23 Å². The lowest BCUT2D eigenvalue weighted by Gasteiger charge is -2.08. The third kappa shape index (κ3) is 1.46. The maximum absolute atomic E-state index is 5.60. The molecule has 1 unspecified atom stereocenters. The quantitative estimate of drug-likeness (QED) is 0.644. The van der Waals surface area contributed by atoms with Crippen molar-refractivity contribution >= 4 is 0 Å². The number of fused-ring (bicyclic) bond motifs is 1. The van der Waals surface area contributed by atoms with Crippen molar-refractivity contribution in [2.45, 2.75) is 12.8 Å². The highest BCUT2D eigenvalue weighted by Gasteiger charge is 2.24. The van der Waals surface area contributed by atoms with Gasteiger partial charge in [-0.15, -0.1) is 0 Å². The summed E-state index contributed by atoms with van der Waals surface area (Å²) >= 11 is 0. The molecule has 0 saturated heterocycles. The maximum Gasteiger partial charge on any atom is 0.123 e. The van der Waals surface area contributed by atoms with E-state index in [0.717, 1.165) is 12.4 Å². The van der Waals surface area contributed by atoms with Gasteiger partial charge in [0.1, 0.15) is 5.75 Å². The summed E-state index contributed by atoms with van der Waals surface area (Å²) in [5.74, 6) is 1.43. The molecule has 1 aromatic carbocycles. The Labute approximate surface area is 84.7 Å². The predicted octanol–water partition coefficient (Wildman–Crippen LogP) is 3.29. The van der Waals surface area contributed by atoms with Crippen LogP contribution in [-0.2, 0) is 0 Å². The zero-order valence-corrected chi connectivity index (χ0v) is 8.36. The molecule has 1 aliphatic rings. The zero-order valence-electron chi connectivity index (χ0n) is 8.36. The van der Waals surface area contributed by atoms with Gasteiger partial charge in [-0.05, 0) is 13.0 Å². The molecule has 72 valence electrons. The van der Waals surface area contributed by atoms with Crippen molar-refractivity contribution in [3.8, 4) is 5.75 Å². The second kappa shape index (κ2) is 3.70. The van der Waals surface area contributed by atoms with Gasteiger partial charge in [-0.2, -0.15) is 0 Å². The zero-order chi connectivity index (χ0) is 9.97. The summed E-state index contributed by atoms with van der Waals surface area (Å²) in [7, 11) is 0. The molecule has 0 saturated carbocycles. The van der Waals surface area contributed by atoms with E-state index in [1.807, 2.05) is 18.2 Å². The van der Waals surface area contributed by atoms with Crippen molar-refractivity contribution in [3.63, 3.8) is 0 Å². The van der Waals surface area contributed by atoms with E-state index in [2.05, 4.69) is 31.7 Å². The summed E-state index contributed by atoms with van der Waals surface area (Å²) in [4.78, 5) is 0. The number of para-hydroxylation sites is 1. The molecule has 1 aliphatic heterocycles. The van der Waals surface area contributed by atoms with E-state index in [1.54, 1.807) is 0 Å². The molecule has 0 amide bonds. The molecule has 0 fully saturated rings. The molecule has 1 nitrogen and oxygen atoms in total. The van der Waals surface area contributed by atoms with Crippen LogP contribution >= 0.6 is 0 Å². The van der Waals surface area contributed by atoms with Crippen LogP contribution in [0.5, 0.6) is 5.75 Å². The fraction of sp³-hybridized carbons (Fsp3) is 0.231. The van der Waals surface area contributed by atoms with Gasteiger partial charge in [-0.1, -0.05) is 42.5 Å². The maximum atomic E-state index is 5.60. The third-order valence-electron chi connectivity index (χ3n) is 2.63. The molecule has 0 bridgehead atoms.